The van der Waals surface area contributed by atoms with Crippen molar-refractivity contribution in [2.24, 2.45) is 0 Å². The van der Waals surface area contributed by atoms with Crippen molar-refractivity contribution in [2.45, 2.75) is 19.2 Å². The van der Waals surface area contributed by atoms with Crippen LogP contribution in [-0.2, 0) is 4.79 Å². The van der Waals surface area contributed by atoms with Crippen LogP contribution in [0.2, 0.25) is 0 Å². The highest BCUT2D eigenvalue weighted by Gasteiger charge is 2.13. The van der Waals surface area contributed by atoms with E-state index in [-0.39, 0.29) is 0 Å². The fourth-order valence-electron chi connectivity index (χ4n) is 1.09. The van der Waals surface area contributed by atoms with Crippen LogP contribution in [0, 0.1) is 6.92 Å². The quantitative estimate of drug-likeness (QED) is 0.823. The maximum absolute atomic E-state index is 11.4. The monoisotopic (exact) mass is 318 g/mol. The van der Waals surface area contributed by atoms with Gasteiger partial charge in [0, 0.05) is 4.47 Å². The summed E-state index contributed by atoms with van der Waals surface area (Å²) in [7, 11) is 0. The summed E-state index contributed by atoms with van der Waals surface area (Å²) in [6, 6.07) is 4.86. The van der Waals surface area contributed by atoms with Crippen molar-refractivity contribution in [2.75, 3.05) is 5.32 Å². The van der Waals surface area contributed by atoms with E-state index in [1.165, 1.54) is 6.92 Å². The highest BCUT2D eigenvalue weighted by atomic mass is 79.9. The van der Waals surface area contributed by atoms with Gasteiger partial charge in [-0.05, 0) is 47.5 Å². The van der Waals surface area contributed by atoms with Crippen LogP contribution in [0.15, 0.2) is 22.7 Å². The fraction of sp³-hybridized carbons (Fsp3) is 0.273. The number of alkyl halides is 1. The van der Waals surface area contributed by atoms with E-state index in [1.54, 1.807) is 6.07 Å². The molecule has 1 aromatic carbocycles. The number of amides is 3. The van der Waals surface area contributed by atoms with Crippen molar-refractivity contribution in [3.8, 4) is 0 Å². The first-order valence-electron chi connectivity index (χ1n) is 4.92. The summed E-state index contributed by atoms with van der Waals surface area (Å²) in [4.78, 5) is 22.6. The van der Waals surface area contributed by atoms with Crippen molar-refractivity contribution < 1.29 is 9.59 Å². The number of rotatable bonds is 2. The molecule has 1 aromatic rings. The number of benzene rings is 1. The summed E-state index contributed by atoms with van der Waals surface area (Å²) in [5.41, 5.74) is 1.65. The van der Waals surface area contributed by atoms with Crippen LogP contribution >= 0.6 is 27.5 Å². The Hall–Kier alpha value is -1.07. The third-order valence-electron chi connectivity index (χ3n) is 1.97. The highest BCUT2D eigenvalue weighted by molar-refractivity contribution is 9.10. The van der Waals surface area contributed by atoms with Gasteiger partial charge in [-0.15, -0.1) is 11.6 Å². The van der Waals surface area contributed by atoms with E-state index >= 15 is 0 Å². The summed E-state index contributed by atoms with van der Waals surface area (Å²) in [5, 5.41) is 3.93. The van der Waals surface area contributed by atoms with Crippen molar-refractivity contribution in [1.82, 2.24) is 5.32 Å². The summed E-state index contributed by atoms with van der Waals surface area (Å²) < 4.78 is 0.749. The molecule has 17 heavy (non-hydrogen) atoms. The molecule has 0 aliphatic rings. The molecule has 0 fully saturated rings. The first-order chi connectivity index (χ1) is 7.90. The predicted octanol–water partition coefficient (Wildman–Crippen LogP) is 3.03. The molecule has 1 rings (SSSR count). The minimum Gasteiger partial charge on any atom is -0.307 e. The van der Waals surface area contributed by atoms with E-state index in [2.05, 4.69) is 26.6 Å². The molecular formula is C11H12BrClN2O2. The van der Waals surface area contributed by atoms with E-state index in [0.29, 0.717) is 5.69 Å². The molecule has 2 N–H and O–H groups in total. The second-order valence-electron chi connectivity index (χ2n) is 3.54. The Labute approximate surface area is 113 Å². The molecule has 0 aromatic heterocycles. The maximum atomic E-state index is 11.4. The van der Waals surface area contributed by atoms with Gasteiger partial charge in [0.1, 0.15) is 5.38 Å². The lowest BCUT2D eigenvalue weighted by molar-refractivity contribution is -0.119. The van der Waals surface area contributed by atoms with Gasteiger partial charge >= 0.3 is 6.03 Å². The first-order valence-corrected chi connectivity index (χ1v) is 6.15. The van der Waals surface area contributed by atoms with Gasteiger partial charge in [0.05, 0.1) is 5.69 Å². The third-order valence-corrected chi connectivity index (χ3v) is 2.83. The molecule has 0 bridgehead atoms. The molecule has 0 saturated carbocycles. The second-order valence-corrected chi connectivity index (χ2v) is 5.05. The fourth-order valence-corrected chi connectivity index (χ4v) is 1.73. The lowest BCUT2D eigenvalue weighted by Crippen LogP contribution is -2.38. The van der Waals surface area contributed by atoms with Crippen molar-refractivity contribution >= 4 is 45.2 Å². The van der Waals surface area contributed by atoms with Crippen LogP contribution < -0.4 is 10.6 Å². The summed E-state index contributed by atoms with van der Waals surface area (Å²) in [5.74, 6) is -0.535. The molecule has 0 aliphatic heterocycles. The zero-order valence-corrected chi connectivity index (χ0v) is 11.7. The average molecular weight is 320 g/mol. The first kappa shape index (κ1) is 14.0. The molecule has 1 atom stereocenters. The van der Waals surface area contributed by atoms with Crippen LogP contribution in [0.25, 0.3) is 0 Å². The van der Waals surface area contributed by atoms with E-state index in [0.717, 1.165) is 10.0 Å². The number of imide groups is 1. The molecule has 92 valence electrons. The summed E-state index contributed by atoms with van der Waals surface area (Å²) >= 11 is 8.84. The Balaban J connectivity index is 2.65. The van der Waals surface area contributed by atoms with Crippen molar-refractivity contribution in [3.05, 3.63) is 28.2 Å². The Kier molecular flexibility index (Phi) is 4.96. The second kappa shape index (κ2) is 6.02. The number of carbonyl (C=O) groups is 2. The molecule has 3 amide bonds. The van der Waals surface area contributed by atoms with Crippen LogP contribution in [0.1, 0.15) is 12.5 Å². The number of urea groups is 1. The standard InChI is InChI=1S/C11H12BrClN2O2/c1-6-3-4-9(8(12)5-6)14-11(17)15-10(16)7(2)13/h3-5,7H,1-2H3,(H2,14,15,16,17). The Morgan fingerprint density at radius 1 is 1.41 bits per heavy atom. The van der Waals surface area contributed by atoms with E-state index < -0.39 is 17.3 Å². The minimum atomic E-state index is -0.748. The average Bonchev–Trinajstić information content (AvgIpc) is 2.22. The molecule has 0 radical (unpaired) electrons. The van der Waals surface area contributed by atoms with Crippen molar-refractivity contribution in [1.29, 1.82) is 0 Å². The zero-order chi connectivity index (χ0) is 13.0. The van der Waals surface area contributed by atoms with Crippen LogP contribution in [0.4, 0.5) is 10.5 Å². The summed E-state index contributed by atoms with van der Waals surface area (Å²) in [6.45, 7) is 3.43. The highest BCUT2D eigenvalue weighted by Crippen LogP contribution is 2.23. The summed E-state index contributed by atoms with van der Waals surface area (Å²) in [6.07, 6.45) is 0. The van der Waals surface area contributed by atoms with Gasteiger partial charge in [-0.25, -0.2) is 4.79 Å². The van der Waals surface area contributed by atoms with Gasteiger partial charge < -0.3 is 5.32 Å². The van der Waals surface area contributed by atoms with Gasteiger partial charge in [-0.3, -0.25) is 10.1 Å². The normalized spacial score (nSPS) is 11.8. The van der Waals surface area contributed by atoms with Gasteiger partial charge in [0.15, 0.2) is 0 Å². The van der Waals surface area contributed by atoms with E-state index in [4.69, 9.17) is 11.6 Å². The smallest absolute Gasteiger partial charge is 0.307 e. The number of halogens is 2. The SMILES string of the molecule is Cc1ccc(NC(=O)NC(=O)C(C)Cl)c(Br)c1. The molecule has 0 heterocycles. The number of hydrogen-bond acceptors (Lipinski definition) is 2. The lowest BCUT2D eigenvalue weighted by atomic mass is 10.2. The molecule has 0 aliphatic carbocycles. The van der Waals surface area contributed by atoms with Crippen LogP contribution in [0.3, 0.4) is 0 Å². The van der Waals surface area contributed by atoms with Crippen LogP contribution in [-0.4, -0.2) is 17.3 Å². The minimum absolute atomic E-state index is 0.535. The number of carbonyl (C=O) groups excluding carboxylic acids is 2. The van der Waals surface area contributed by atoms with E-state index in [9.17, 15) is 9.59 Å². The maximum Gasteiger partial charge on any atom is 0.325 e. The van der Waals surface area contributed by atoms with Gasteiger partial charge in [0.25, 0.3) is 0 Å². The lowest BCUT2D eigenvalue weighted by Gasteiger charge is -2.09. The van der Waals surface area contributed by atoms with Crippen LogP contribution in [0.5, 0.6) is 0 Å². The molecule has 6 heteroatoms. The van der Waals surface area contributed by atoms with Crippen molar-refractivity contribution in [3.63, 3.8) is 0 Å². The Morgan fingerprint density at radius 2 is 2.06 bits per heavy atom. The Bertz CT molecular complexity index is 449. The number of hydrogen-bond donors (Lipinski definition) is 2. The molecule has 0 saturated heterocycles. The van der Waals surface area contributed by atoms with Gasteiger partial charge in [0.2, 0.25) is 5.91 Å². The number of nitrogens with one attached hydrogen (secondary N) is 2. The third kappa shape index (κ3) is 4.36. The van der Waals surface area contributed by atoms with Gasteiger partial charge in [-0.2, -0.15) is 0 Å². The van der Waals surface area contributed by atoms with E-state index in [1.807, 2.05) is 19.1 Å². The molecule has 0 spiro atoms. The topological polar surface area (TPSA) is 58.2 Å². The number of aryl methyl sites for hydroxylation is 1. The van der Waals surface area contributed by atoms with Gasteiger partial charge in [-0.1, -0.05) is 6.07 Å². The zero-order valence-electron chi connectivity index (χ0n) is 9.38. The number of anilines is 1. The molecular weight excluding hydrogens is 307 g/mol. The Morgan fingerprint density at radius 3 is 2.59 bits per heavy atom. The predicted molar refractivity (Wildman–Crippen MR) is 71.4 cm³/mol. The molecule has 1 unspecified atom stereocenters. The largest absolute Gasteiger partial charge is 0.325 e. The molecule has 4 nitrogen and oxygen atoms in total.